The largest absolute Gasteiger partial charge is 0.481 e. The lowest BCUT2D eigenvalue weighted by atomic mass is 9.61. The number of hydrogen-bond donors (Lipinski definition) is 1. The van der Waals surface area contributed by atoms with E-state index in [2.05, 4.69) is 34.6 Å². The predicted molar refractivity (Wildman–Crippen MR) is 103 cm³/mol. The lowest BCUT2D eigenvalue weighted by molar-refractivity contribution is -0.341. The molecule has 0 aromatic carbocycles. The molecule has 3 fully saturated rings. The van der Waals surface area contributed by atoms with Crippen LogP contribution in [-0.4, -0.2) is 35.2 Å². The summed E-state index contributed by atoms with van der Waals surface area (Å²) >= 11 is 0. The van der Waals surface area contributed by atoms with Crippen molar-refractivity contribution in [3.05, 3.63) is 0 Å². The molecule has 0 aromatic heterocycles. The molecule has 3 unspecified atom stereocenters. The molecule has 0 aromatic rings. The van der Waals surface area contributed by atoms with Gasteiger partial charge in [-0.2, -0.15) is 0 Å². The molecule has 0 amide bonds. The van der Waals surface area contributed by atoms with Gasteiger partial charge in [0.25, 0.3) is 0 Å². The summed E-state index contributed by atoms with van der Waals surface area (Å²) in [6.07, 6.45) is 3.03. The van der Waals surface area contributed by atoms with Crippen molar-refractivity contribution in [3.63, 3.8) is 0 Å². The number of aliphatic carboxylic acids is 1. The van der Waals surface area contributed by atoms with E-state index in [1.54, 1.807) is 0 Å². The van der Waals surface area contributed by atoms with Gasteiger partial charge in [-0.15, -0.1) is 0 Å². The van der Waals surface area contributed by atoms with Crippen LogP contribution in [0.25, 0.3) is 0 Å². The Bertz CT molecular complexity index is 590. The highest BCUT2D eigenvalue weighted by Gasteiger charge is 2.55. The first-order valence-electron chi connectivity index (χ1n) is 10.9. The zero-order valence-corrected chi connectivity index (χ0v) is 17.8. The minimum atomic E-state index is -1.00. The van der Waals surface area contributed by atoms with Crippen molar-refractivity contribution >= 4 is 11.9 Å². The van der Waals surface area contributed by atoms with Crippen LogP contribution < -0.4 is 0 Å². The molecule has 2 heterocycles. The second kappa shape index (κ2) is 8.31. The van der Waals surface area contributed by atoms with E-state index in [1.165, 1.54) is 6.42 Å². The molecule has 8 atom stereocenters. The first kappa shape index (κ1) is 21.6. The molecule has 3 aliphatic rings. The minimum Gasteiger partial charge on any atom is -0.481 e. The van der Waals surface area contributed by atoms with Gasteiger partial charge in [0.2, 0.25) is 6.29 Å². The van der Waals surface area contributed by atoms with Gasteiger partial charge < -0.3 is 19.3 Å². The number of carbonyl (C=O) groups is 2. The Morgan fingerprint density at radius 3 is 2.50 bits per heavy atom. The molecule has 1 aliphatic carbocycles. The summed E-state index contributed by atoms with van der Waals surface area (Å²) in [7, 11) is 0. The van der Waals surface area contributed by atoms with Crippen LogP contribution in [0.4, 0.5) is 0 Å². The van der Waals surface area contributed by atoms with Gasteiger partial charge in [-0.25, -0.2) is 0 Å². The highest BCUT2D eigenvalue weighted by Crippen LogP contribution is 2.54. The normalized spacial score (nSPS) is 43.1. The van der Waals surface area contributed by atoms with Gasteiger partial charge in [0.1, 0.15) is 0 Å². The third-order valence-corrected chi connectivity index (χ3v) is 7.73. The SMILES string of the molecule is CC(C)[C@]1(C)CCC2C3C(CC[C@H]2C)[C@@H](C)[C@@H](OC(=O)CCC(=O)O)O[C@@H]3O1. The van der Waals surface area contributed by atoms with Crippen LogP contribution in [0.3, 0.4) is 0 Å². The molecule has 6 nitrogen and oxygen atoms in total. The predicted octanol–water partition coefficient (Wildman–Crippen LogP) is 4.22. The van der Waals surface area contributed by atoms with Crippen LogP contribution in [0.2, 0.25) is 0 Å². The molecule has 1 N–H and O–H groups in total. The first-order valence-corrected chi connectivity index (χ1v) is 10.9. The maximum Gasteiger partial charge on any atom is 0.308 e. The summed E-state index contributed by atoms with van der Waals surface area (Å²) in [6.45, 7) is 11.0. The molecule has 3 rings (SSSR count). The van der Waals surface area contributed by atoms with Crippen LogP contribution in [0.5, 0.6) is 0 Å². The molecule has 0 spiro atoms. The van der Waals surface area contributed by atoms with Crippen LogP contribution in [0.15, 0.2) is 0 Å². The summed E-state index contributed by atoms with van der Waals surface area (Å²) in [4.78, 5) is 22.9. The Morgan fingerprint density at radius 2 is 1.86 bits per heavy atom. The smallest absolute Gasteiger partial charge is 0.308 e. The number of ether oxygens (including phenoxy) is 3. The summed E-state index contributed by atoms with van der Waals surface area (Å²) in [5, 5.41) is 8.80. The lowest BCUT2D eigenvalue weighted by Gasteiger charge is -2.52. The number of hydrogen-bond acceptors (Lipinski definition) is 5. The zero-order valence-electron chi connectivity index (χ0n) is 17.8. The van der Waals surface area contributed by atoms with E-state index < -0.39 is 18.2 Å². The Morgan fingerprint density at radius 1 is 1.14 bits per heavy atom. The van der Waals surface area contributed by atoms with Crippen molar-refractivity contribution in [3.8, 4) is 0 Å². The Hall–Kier alpha value is -1.14. The fourth-order valence-electron chi connectivity index (χ4n) is 5.44. The Kier molecular flexibility index (Phi) is 6.40. The molecule has 2 aliphatic heterocycles. The van der Waals surface area contributed by atoms with Crippen LogP contribution in [0.1, 0.15) is 73.1 Å². The second-order valence-electron chi connectivity index (χ2n) is 9.70. The van der Waals surface area contributed by atoms with E-state index in [0.717, 1.165) is 19.3 Å². The lowest BCUT2D eigenvalue weighted by Crippen LogP contribution is -2.55. The van der Waals surface area contributed by atoms with E-state index in [1.807, 2.05) is 0 Å². The third-order valence-electron chi connectivity index (χ3n) is 7.73. The Labute approximate surface area is 168 Å². The summed E-state index contributed by atoms with van der Waals surface area (Å²) in [6, 6.07) is 0. The van der Waals surface area contributed by atoms with Gasteiger partial charge in [0.15, 0.2) is 6.29 Å². The standard InChI is InChI=1S/C22H36O6/c1-12(2)22(5)11-10-15-13(3)6-7-16-14(4)20(27-21(28-22)19(15)16)26-18(25)9-8-17(23)24/h12-16,19-21H,6-11H2,1-5H3,(H,23,24)/t13-,14-,15?,16?,19?,20+,21-,22+/m1/s1. The molecule has 0 radical (unpaired) electrons. The van der Waals surface area contributed by atoms with Crippen LogP contribution in [-0.2, 0) is 23.8 Å². The molecule has 160 valence electrons. The van der Waals surface area contributed by atoms with Crippen molar-refractivity contribution < 1.29 is 28.9 Å². The quantitative estimate of drug-likeness (QED) is 0.701. The minimum absolute atomic E-state index is 0.0806. The molecule has 28 heavy (non-hydrogen) atoms. The van der Waals surface area contributed by atoms with Gasteiger partial charge >= 0.3 is 11.9 Å². The van der Waals surface area contributed by atoms with Gasteiger partial charge in [0.05, 0.1) is 18.4 Å². The zero-order chi connectivity index (χ0) is 20.6. The van der Waals surface area contributed by atoms with Crippen molar-refractivity contribution in [1.29, 1.82) is 0 Å². The highest BCUT2D eigenvalue weighted by atomic mass is 16.8. The fraction of sp³-hybridized carbons (Fsp3) is 0.909. The number of rotatable bonds is 5. The van der Waals surface area contributed by atoms with E-state index in [9.17, 15) is 9.59 Å². The molecule has 1 saturated carbocycles. The number of carboxylic acids is 1. The maximum atomic E-state index is 12.1. The number of carbonyl (C=O) groups excluding carboxylic acids is 1. The van der Waals surface area contributed by atoms with E-state index in [4.69, 9.17) is 19.3 Å². The topological polar surface area (TPSA) is 82.1 Å². The number of esters is 1. The third kappa shape index (κ3) is 4.23. The number of carboxylic acid groups (broad SMARTS) is 1. The molecule has 0 bridgehead atoms. The summed E-state index contributed by atoms with van der Waals surface area (Å²) in [5.41, 5.74) is -0.259. The average molecular weight is 397 g/mol. The van der Waals surface area contributed by atoms with Gasteiger partial charge in [0, 0.05) is 11.8 Å². The fourth-order valence-corrected chi connectivity index (χ4v) is 5.44. The highest BCUT2D eigenvalue weighted by molar-refractivity contribution is 5.76. The van der Waals surface area contributed by atoms with Gasteiger partial charge in [-0.05, 0) is 49.9 Å². The summed E-state index contributed by atoms with van der Waals surface area (Å²) < 4.78 is 18.5. The van der Waals surface area contributed by atoms with Crippen molar-refractivity contribution in [2.75, 3.05) is 0 Å². The molecule has 2 saturated heterocycles. The average Bonchev–Trinajstić information content (AvgIpc) is 2.77. The van der Waals surface area contributed by atoms with Gasteiger partial charge in [-0.3, -0.25) is 9.59 Å². The van der Waals surface area contributed by atoms with Crippen molar-refractivity contribution in [2.45, 2.75) is 91.3 Å². The van der Waals surface area contributed by atoms with Crippen LogP contribution in [0, 0.1) is 35.5 Å². The van der Waals surface area contributed by atoms with E-state index in [0.29, 0.717) is 29.6 Å². The first-order chi connectivity index (χ1) is 13.1. The monoisotopic (exact) mass is 396 g/mol. The van der Waals surface area contributed by atoms with E-state index >= 15 is 0 Å². The summed E-state index contributed by atoms with van der Waals surface area (Å²) in [5.74, 6) is 0.859. The van der Waals surface area contributed by atoms with Crippen molar-refractivity contribution in [2.24, 2.45) is 35.5 Å². The van der Waals surface area contributed by atoms with Crippen LogP contribution >= 0.6 is 0 Å². The second-order valence-corrected chi connectivity index (χ2v) is 9.70. The molecular weight excluding hydrogens is 360 g/mol. The molecular formula is C22H36O6. The van der Waals surface area contributed by atoms with E-state index in [-0.39, 0.29) is 30.7 Å². The molecule has 6 heteroatoms. The Balaban J connectivity index is 1.80. The van der Waals surface area contributed by atoms with Gasteiger partial charge in [-0.1, -0.05) is 34.1 Å². The maximum absolute atomic E-state index is 12.1. The van der Waals surface area contributed by atoms with Crippen molar-refractivity contribution in [1.82, 2.24) is 0 Å².